The number of benzene rings is 1. The van der Waals surface area contributed by atoms with Crippen LogP contribution >= 0.6 is 15.9 Å². The first kappa shape index (κ1) is 11.5. The molecule has 92 valence electrons. The van der Waals surface area contributed by atoms with Gasteiger partial charge in [0, 0.05) is 25.3 Å². The van der Waals surface area contributed by atoms with E-state index in [2.05, 4.69) is 27.0 Å². The zero-order chi connectivity index (χ0) is 12.9. The van der Waals surface area contributed by atoms with Crippen molar-refractivity contribution in [1.82, 2.24) is 9.55 Å². The van der Waals surface area contributed by atoms with Gasteiger partial charge in [-0.05, 0) is 33.6 Å². The largest absolute Gasteiger partial charge is 0.333 e. The van der Waals surface area contributed by atoms with Gasteiger partial charge in [0.15, 0.2) is 0 Å². The highest BCUT2D eigenvalue weighted by Crippen LogP contribution is 2.34. The summed E-state index contributed by atoms with van der Waals surface area (Å²) in [5.74, 6) is 0.145. The zero-order valence-electron chi connectivity index (χ0n) is 10.1. The van der Waals surface area contributed by atoms with Gasteiger partial charge in [0.25, 0.3) is 0 Å². The molecular formula is C13H12BrN3O. The lowest BCUT2D eigenvalue weighted by Crippen LogP contribution is -2.20. The number of hydrogen-bond donors (Lipinski definition) is 0. The molecular weight excluding hydrogens is 294 g/mol. The van der Waals surface area contributed by atoms with Crippen molar-refractivity contribution in [2.75, 3.05) is 11.9 Å². The van der Waals surface area contributed by atoms with Gasteiger partial charge in [-0.3, -0.25) is 4.79 Å². The Morgan fingerprint density at radius 2 is 2.11 bits per heavy atom. The Kier molecular flexibility index (Phi) is 2.52. The average Bonchev–Trinajstić information content (AvgIpc) is 2.81. The monoisotopic (exact) mass is 305 g/mol. The maximum atomic E-state index is 11.7. The van der Waals surface area contributed by atoms with Crippen molar-refractivity contribution in [1.29, 1.82) is 0 Å². The first-order chi connectivity index (χ1) is 8.58. The van der Waals surface area contributed by atoms with E-state index < -0.39 is 0 Å². The number of rotatable bonds is 1. The number of imidazole rings is 1. The summed E-state index contributed by atoms with van der Waals surface area (Å²) in [6, 6.07) is 6.09. The molecule has 0 N–H and O–H groups in total. The standard InChI is InChI=1S/C13H12BrN3O/c1-16-7-15-13(14)12(16)8-3-4-10-9(5-8)6-11(18)17(10)2/h3-5,7H,6H2,1-2H3. The molecule has 5 heteroatoms. The van der Waals surface area contributed by atoms with Crippen LogP contribution in [-0.2, 0) is 18.3 Å². The van der Waals surface area contributed by atoms with E-state index in [1.54, 1.807) is 11.2 Å². The number of hydrogen-bond acceptors (Lipinski definition) is 2. The van der Waals surface area contributed by atoms with Crippen molar-refractivity contribution >= 4 is 27.5 Å². The van der Waals surface area contributed by atoms with E-state index in [0.717, 1.165) is 27.1 Å². The Labute approximate surface area is 113 Å². The van der Waals surface area contributed by atoms with Crippen LogP contribution in [0.5, 0.6) is 0 Å². The van der Waals surface area contributed by atoms with E-state index in [9.17, 15) is 4.79 Å². The van der Waals surface area contributed by atoms with Crippen LogP contribution in [0.1, 0.15) is 5.56 Å². The number of nitrogens with zero attached hydrogens (tertiary/aromatic N) is 3. The van der Waals surface area contributed by atoms with Crippen molar-refractivity contribution in [3.8, 4) is 11.3 Å². The first-order valence-electron chi connectivity index (χ1n) is 5.64. The van der Waals surface area contributed by atoms with Crippen LogP contribution in [0.15, 0.2) is 29.1 Å². The van der Waals surface area contributed by atoms with Crippen molar-refractivity contribution in [2.24, 2.45) is 7.05 Å². The van der Waals surface area contributed by atoms with E-state index in [0.29, 0.717) is 6.42 Å². The summed E-state index contributed by atoms with van der Waals surface area (Å²) in [6.45, 7) is 0. The van der Waals surface area contributed by atoms with Crippen LogP contribution in [-0.4, -0.2) is 22.5 Å². The second kappa shape index (κ2) is 3.95. The van der Waals surface area contributed by atoms with Gasteiger partial charge in [-0.25, -0.2) is 4.98 Å². The Balaban J connectivity index is 2.13. The minimum absolute atomic E-state index is 0.145. The van der Waals surface area contributed by atoms with Gasteiger partial charge in [-0.15, -0.1) is 0 Å². The Hall–Kier alpha value is -1.62. The smallest absolute Gasteiger partial charge is 0.231 e. The van der Waals surface area contributed by atoms with Gasteiger partial charge in [-0.1, -0.05) is 6.07 Å². The van der Waals surface area contributed by atoms with Gasteiger partial charge in [-0.2, -0.15) is 0 Å². The van der Waals surface area contributed by atoms with Crippen molar-refractivity contribution < 1.29 is 4.79 Å². The maximum Gasteiger partial charge on any atom is 0.231 e. The Bertz CT molecular complexity index is 628. The molecule has 18 heavy (non-hydrogen) atoms. The number of likely N-dealkylation sites (N-methyl/N-ethyl adjacent to an activating group) is 1. The third kappa shape index (κ3) is 1.58. The summed E-state index contributed by atoms with van der Waals surface area (Å²) in [7, 11) is 3.77. The molecule has 0 aliphatic carbocycles. The fourth-order valence-electron chi connectivity index (χ4n) is 2.34. The maximum absolute atomic E-state index is 11.7. The molecule has 3 rings (SSSR count). The lowest BCUT2D eigenvalue weighted by Gasteiger charge is -2.11. The zero-order valence-corrected chi connectivity index (χ0v) is 11.7. The highest BCUT2D eigenvalue weighted by Gasteiger charge is 2.24. The summed E-state index contributed by atoms with van der Waals surface area (Å²) >= 11 is 3.45. The fourth-order valence-corrected chi connectivity index (χ4v) is 2.94. The fraction of sp³-hybridized carbons (Fsp3) is 0.231. The summed E-state index contributed by atoms with van der Waals surface area (Å²) in [5, 5.41) is 0. The minimum atomic E-state index is 0.145. The van der Waals surface area contributed by atoms with Crippen LogP contribution in [0.4, 0.5) is 5.69 Å². The third-order valence-corrected chi connectivity index (χ3v) is 3.90. The molecule has 1 aliphatic heterocycles. The first-order valence-corrected chi connectivity index (χ1v) is 6.44. The molecule has 0 radical (unpaired) electrons. The normalized spacial score (nSPS) is 14.2. The molecule has 1 aromatic carbocycles. The summed E-state index contributed by atoms with van der Waals surface area (Å²) in [5.41, 5.74) is 4.18. The van der Waals surface area contributed by atoms with Gasteiger partial charge >= 0.3 is 0 Å². The molecule has 4 nitrogen and oxygen atoms in total. The predicted octanol–water partition coefficient (Wildman–Crippen LogP) is 2.37. The number of anilines is 1. The number of aromatic nitrogens is 2. The van der Waals surface area contributed by atoms with E-state index >= 15 is 0 Å². The van der Waals surface area contributed by atoms with Crippen LogP contribution in [0.3, 0.4) is 0 Å². The highest BCUT2D eigenvalue weighted by atomic mass is 79.9. The number of fused-ring (bicyclic) bond motifs is 1. The molecule has 0 spiro atoms. The molecule has 0 saturated carbocycles. The quantitative estimate of drug-likeness (QED) is 0.811. The second-order valence-corrected chi connectivity index (χ2v) is 5.22. The van der Waals surface area contributed by atoms with Crippen LogP contribution < -0.4 is 4.90 Å². The van der Waals surface area contributed by atoms with Gasteiger partial charge in [0.1, 0.15) is 4.60 Å². The Morgan fingerprint density at radius 3 is 2.78 bits per heavy atom. The summed E-state index contributed by atoms with van der Waals surface area (Å²) in [4.78, 5) is 17.6. The van der Waals surface area contributed by atoms with Crippen molar-refractivity contribution in [3.05, 3.63) is 34.7 Å². The summed E-state index contributed by atoms with van der Waals surface area (Å²) in [6.07, 6.45) is 2.25. The molecule has 0 saturated heterocycles. The van der Waals surface area contributed by atoms with Crippen LogP contribution in [0.25, 0.3) is 11.3 Å². The SMILES string of the molecule is CN1C(=O)Cc2cc(-c3c(Br)ncn3C)ccc21. The van der Waals surface area contributed by atoms with Crippen LogP contribution in [0.2, 0.25) is 0 Å². The topological polar surface area (TPSA) is 38.1 Å². The van der Waals surface area contributed by atoms with E-state index in [-0.39, 0.29) is 5.91 Å². The lowest BCUT2D eigenvalue weighted by atomic mass is 10.1. The molecule has 2 aromatic rings. The number of aryl methyl sites for hydroxylation is 1. The molecule has 0 unspecified atom stereocenters. The van der Waals surface area contributed by atoms with E-state index in [1.165, 1.54) is 0 Å². The van der Waals surface area contributed by atoms with Crippen LogP contribution in [0, 0.1) is 0 Å². The average molecular weight is 306 g/mol. The van der Waals surface area contributed by atoms with Gasteiger partial charge < -0.3 is 9.47 Å². The summed E-state index contributed by atoms with van der Waals surface area (Å²) < 4.78 is 2.79. The molecule has 1 aliphatic rings. The van der Waals surface area contributed by atoms with E-state index in [1.807, 2.05) is 30.8 Å². The minimum Gasteiger partial charge on any atom is -0.333 e. The second-order valence-electron chi connectivity index (χ2n) is 4.47. The number of amides is 1. The molecule has 0 atom stereocenters. The molecule has 2 heterocycles. The number of halogens is 1. The third-order valence-electron chi connectivity index (χ3n) is 3.32. The lowest BCUT2D eigenvalue weighted by molar-refractivity contribution is -0.117. The van der Waals surface area contributed by atoms with Crippen molar-refractivity contribution in [2.45, 2.75) is 6.42 Å². The predicted molar refractivity (Wildman–Crippen MR) is 73.5 cm³/mol. The van der Waals surface area contributed by atoms with Gasteiger partial charge in [0.2, 0.25) is 5.91 Å². The molecule has 0 bridgehead atoms. The molecule has 0 fully saturated rings. The number of carbonyl (C=O) groups is 1. The van der Waals surface area contributed by atoms with Crippen molar-refractivity contribution in [3.63, 3.8) is 0 Å². The molecule has 1 aromatic heterocycles. The molecule has 1 amide bonds. The van der Waals surface area contributed by atoms with Gasteiger partial charge in [0.05, 0.1) is 18.4 Å². The Morgan fingerprint density at radius 1 is 1.33 bits per heavy atom. The highest BCUT2D eigenvalue weighted by molar-refractivity contribution is 9.10. The number of carbonyl (C=O) groups excluding carboxylic acids is 1. The van der Waals surface area contributed by atoms with E-state index in [4.69, 9.17) is 0 Å².